The summed E-state index contributed by atoms with van der Waals surface area (Å²) in [6, 6.07) is 0. The van der Waals surface area contributed by atoms with Crippen molar-refractivity contribution < 1.29 is 23.9 Å². The predicted molar refractivity (Wildman–Crippen MR) is 74.4 cm³/mol. The van der Waals surface area contributed by atoms with Crippen molar-refractivity contribution in [1.29, 1.82) is 0 Å². The van der Waals surface area contributed by atoms with Crippen molar-refractivity contribution in [3.63, 3.8) is 0 Å². The van der Waals surface area contributed by atoms with E-state index in [0.29, 0.717) is 12.8 Å². The fraction of sp³-hybridized carbons (Fsp3) is 0.533. The van der Waals surface area contributed by atoms with Gasteiger partial charge < -0.3 is 9.47 Å². The molecule has 0 heterocycles. The average Bonchev–Trinajstić information content (AvgIpc) is 2.42. The summed E-state index contributed by atoms with van der Waals surface area (Å²) in [5.41, 5.74) is 0. The van der Waals surface area contributed by atoms with Gasteiger partial charge in [0.05, 0.1) is 24.4 Å². The molecule has 0 amide bonds. The van der Waals surface area contributed by atoms with Gasteiger partial charge in [-0.25, -0.2) is 0 Å². The number of rotatable bonds is 10. The van der Waals surface area contributed by atoms with E-state index in [4.69, 9.17) is 0 Å². The molecule has 5 heteroatoms. The molecule has 0 fully saturated rings. The highest BCUT2D eigenvalue weighted by Crippen LogP contribution is 2.13. The number of hydrogen-bond donors (Lipinski definition) is 0. The minimum absolute atomic E-state index is 0.0153. The summed E-state index contributed by atoms with van der Waals surface area (Å²) >= 11 is 0. The molecule has 2 atom stereocenters. The van der Waals surface area contributed by atoms with E-state index in [0.717, 1.165) is 12.5 Å². The summed E-state index contributed by atoms with van der Waals surface area (Å²) in [6.07, 6.45) is 3.59. The predicted octanol–water partition coefficient (Wildman–Crippen LogP) is 2.76. The normalized spacial score (nSPS) is 12.9. The fourth-order valence-corrected chi connectivity index (χ4v) is 1.51. The van der Waals surface area contributed by atoms with Crippen LogP contribution in [0.3, 0.4) is 0 Å². The summed E-state index contributed by atoms with van der Waals surface area (Å²) in [5, 5.41) is 0. The van der Waals surface area contributed by atoms with Crippen molar-refractivity contribution >= 4 is 17.7 Å². The Morgan fingerprint density at radius 2 is 1.25 bits per heavy atom. The second kappa shape index (κ2) is 9.95. The smallest absolute Gasteiger partial charge is 0.313 e. The summed E-state index contributed by atoms with van der Waals surface area (Å²) < 4.78 is 9.27. The maximum atomic E-state index is 11.7. The third-order valence-electron chi connectivity index (χ3n) is 2.92. The first kappa shape index (κ1) is 18.1. The number of ether oxygens (including phenoxy) is 2. The van der Waals surface area contributed by atoms with Crippen LogP contribution in [0, 0.1) is 11.8 Å². The molecule has 0 aliphatic heterocycles. The second-order valence-electron chi connectivity index (χ2n) is 4.63. The van der Waals surface area contributed by atoms with Gasteiger partial charge in [0.1, 0.15) is 5.78 Å². The van der Waals surface area contributed by atoms with Crippen molar-refractivity contribution in [3.8, 4) is 0 Å². The lowest BCUT2D eigenvalue weighted by Gasteiger charge is -2.10. The van der Waals surface area contributed by atoms with E-state index in [1.54, 1.807) is 13.8 Å². The monoisotopic (exact) mass is 282 g/mol. The molecule has 0 bridgehead atoms. The van der Waals surface area contributed by atoms with Crippen LogP contribution in [0.25, 0.3) is 0 Å². The Balaban J connectivity index is 3.94. The molecule has 0 N–H and O–H groups in total. The van der Waals surface area contributed by atoms with Crippen LogP contribution in [0.5, 0.6) is 0 Å². The van der Waals surface area contributed by atoms with Gasteiger partial charge in [-0.15, -0.1) is 0 Å². The minimum atomic E-state index is -0.393. The molecule has 0 rings (SSSR count). The average molecular weight is 282 g/mol. The zero-order chi connectivity index (χ0) is 15.5. The first-order valence-electron chi connectivity index (χ1n) is 6.56. The van der Waals surface area contributed by atoms with Crippen LogP contribution in [0.2, 0.25) is 0 Å². The molecule has 0 radical (unpaired) electrons. The van der Waals surface area contributed by atoms with Gasteiger partial charge in [-0.2, -0.15) is 0 Å². The zero-order valence-electron chi connectivity index (χ0n) is 12.1. The van der Waals surface area contributed by atoms with E-state index in [2.05, 4.69) is 22.6 Å². The Kier molecular flexibility index (Phi) is 9.00. The van der Waals surface area contributed by atoms with Gasteiger partial charge in [0, 0.05) is 12.8 Å². The summed E-state index contributed by atoms with van der Waals surface area (Å²) in [7, 11) is 0. The van der Waals surface area contributed by atoms with Crippen LogP contribution in [-0.2, 0) is 23.9 Å². The number of carbonyl (C=O) groups excluding carboxylic acids is 3. The minimum Gasteiger partial charge on any atom is -0.435 e. The maximum Gasteiger partial charge on any atom is 0.313 e. The molecule has 0 aromatic rings. The highest BCUT2D eigenvalue weighted by atomic mass is 16.5. The van der Waals surface area contributed by atoms with Crippen molar-refractivity contribution in [1.82, 2.24) is 0 Å². The molecule has 2 unspecified atom stereocenters. The Hall–Kier alpha value is -1.91. The van der Waals surface area contributed by atoms with E-state index in [9.17, 15) is 14.4 Å². The SMILES string of the molecule is C=COC(=O)C(C)CCC(=O)CCC(C)C(=O)OC=C. The van der Waals surface area contributed by atoms with E-state index >= 15 is 0 Å². The molecular formula is C15H22O5. The quantitative estimate of drug-likeness (QED) is 0.455. The maximum absolute atomic E-state index is 11.7. The molecular weight excluding hydrogens is 260 g/mol. The van der Waals surface area contributed by atoms with Crippen LogP contribution in [0.15, 0.2) is 25.7 Å². The Morgan fingerprint density at radius 3 is 1.55 bits per heavy atom. The molecule has 5 nitrogen and oxygen atoms in total. The van der Waals surface area contributed by atoms with E-state index in [-0.39, 0.29) is 30.5 Å². The van der Waals surface area contributed by atoms with Crippen molar-refractivity contribution in [2.45, 2.75) is 39.5 Å². The summed E-state index contributed by atoms with van der Waals surface area (Å²) in [5.74, 6) is -1.46. The molecule has 20 heavy (non-hydrogen) atoms. The lowest BCUT2D eigenvalue weighted by atomic mass is 9.98. The zero-order valence-corrected chi connectivity index (χ0v) is 12.1. The van der Waals surface area contributed by atoms with Crippen LogP contribution in [0.1, 0.15) is 39.5 Å². The summed E-state index contributed by atoms with van der Waals surface area (Å²) in [6.45, 7) is 9.99. The Morgan fingerprint density at radius 1 is 0.900 bits per heavy atom. The molecule has 0 spiro atoms. The van der Waals surface area contributed by atoms with E-state index in [1.807, 2.05) is 0 Å². The molecule has 0 aliphatic carbocycles. The molecule has 0 saturated carbocycles. The first-order valence-corrected chi connectivity index (χ1v) is 6.56. The lowest BCUT2D eigenvalue weighted by molar-refractivity contribution is -0.143. The van der Waals surface area contributed by atoms with Crippen molar-refractivity contribution in [3.05, 3.63) is 25.7 Å². The Bertz CT molecular complexity index is 338. The first-order chi connectivity index (χ1) is 9.42. The van der Waals surface area contributed by atoms with Gasteiger partial charge in [-0.05, 0) is 12.8 Å². The van der Waals surface area contributed by atoms with Crippen LogP contribution < -0.4 is 0 Å². The highest BCUT2D eigenvalue weighted by Gasteiger charge is 2.18. The van der Waals surface area contributed by atoms with Gasteiger partial charge in [-0.3, -0.25) is 14.4 Å². The molecule has 0 aromatic carbocycles. The highest BCUT2D eigenvalue weighted by molar-refractivity contribution is 5.80. The largest absolute Gasteiger partial charge is 0.435 e. The lowest BCUT2D eigenvalue weighted by Crippen LogP contribution is -2.16. The van der Waals surface area contributed by atoms with Crippen LogP contribution >= 0.6 is 0 Å². The number of carbonyl (C=O) groups is 3. The Labute approximate surface area is 119 Å². The van der Waals surface area contributed by atoms with Gasteiger partial charge in [0.15, 0.2) is 0 Å². The number of hydrogen-bond acceptors (Lipinski definition) is 5. The molecule has 0 aromatic heterocycles. The molecule has 0 aliphatic rings. The van der Waals surface area contributed by atoms with Crippen molar-refractivity contribution in [2.24, 2.45) is 11.8 Å². The van der Waals surface area contributed by atoms with Gasteiger partial charge in [0.25, 0.3) is 0 Å². The molecule has 0 saturated heterocycles. The topological polar surface area (TPSA) is 69.7 Å². The summed E-state index contributed by atoms with van der Waals surface area (Å²) in [4.78, 5) is 34.3. The third kappa shape index (κ3) is 7.51. The van der Waals surface area contributed by atoms with E-state index < -0.39 is 11.9 Å². The number of Topliss-reactive ketones (excluding diaryl/α,β-unsaturated/α-hetero) is 1. The van der Waals surface area contributed by atoms with E-state index in [1.165, 1.54) is 0 Å². The number of esters is 2. The number of ketones is 1. The van der Waals surface area contributed by atoms with Crippen LogP contribution in [-0.4, -0.2) is 17.7 Å². The molecule has 112 valence electrons. The standard InChI is InChI=1S/C15H22O5/c1-5-19-14(17)11(3)7-9-13(16)10-8-12(4)15(18)20-6-2/h5-6,11-12H,1-2,7-10H2,3-4H3. The van der Waals surface area contributed by atoms with Crippen LogP contribution in [0.4, 0.5) is 0 Å². The van der Waals surface area contributed by atoms with Gasteiger partial charge >= 0.3 is 11.9 Å². The van der Waals surface area contributed by atoms with Gasteiger partial charge in [0.2, 0.25) is 0 Å². The van der Waals surface area contributed by atoms with Gasteiger partial charge in [-0.1, -0.05) is 27.0 Å². The fourth-order valence-electron chi connectivity index (χ4n) is 1.51. The third-order valence-corrected chi connectivity index (χ3v) is 2.92. The second-order valence-corrected chi connectivity index (χ2v) is 4.63. The van der Waals surface area contributed by atoms with Crippen molar-refractivity contribution in [2.75, 3.05) is 0 Å².